The molecular formula is C11H11FN2. The van der Waals surface area contributed by atoms with Crippen molar-refractivity contribution in [2.75, 3.05) is 5.73 Å². The number of aromatic nitrogens is 1. The van der Waals surface area contributed by atoms with Gasteiger partial charge < -0.3 is 5.73 Å². The fourth-order valence-corrected chi connectivity index (χ4v) is 1.42. The molecule has 0 aliphatic rings. The number of fused-ring (bicyclic) bond motifs is 1. The number of nitrogens with zero attached hydrogens (tertiary/aromatic N) is 1. The number of anilines is 1. The van der Waals surface area contributed by atoms with E-state index in [1.807, 2.05) is 18.2 Å². The SMILES string of the molecule is CCc1ccc2cc(F)c(N)nc2c1. The summed E-state index contributed by atoms with van der Waals surface area (Å²) >= 11 is 0. The zero-order valence-electron chi connectivity index (χ0n) is 7.92. The molecule has 0 aliphatic carbocycles. The first-order valence-electron chi connectivity index (χ1n) is 4.55. The Kier molecular flexibility index (Phi) is 2.08. The molecule has 0 aliphatic heterocycles. The number of halogens is 1. The first-order chi connectivity index (χ1) is 6.70. The molecule has 0 atom stereocenters. The second kappa shape index (κ2) is 3.25. The van der Waals surface area contributed by atoms with Crippen molar-refractivity contribution in [2.45, 2.75) is 13.3 Å². The maximum absolute atomic E-state index is 13.0. The molecule has 1 aromatic heterocycles. The van der Waals surface area contributed by atoms with Crippen LogP contribution >= 0.6 is 0 Å². The fraction of sp³-hybridized carbons (Fsp3) is 0.182. The molecule has 0 radical (unpaired) electrons. The predicted molar refractivity (Wildman–Crippen MR) is 55.5 cm³/mol. The van der Waals surface area contributed by atoms with Gasteiger partial charge in [-0.1, -0.05) is 19.1 Å². The number of hydrogen-bond acceptors (Lipinski definition) is 2. The summed E-state index contributed by atoms with van der Waals surface area (Å²) < 4.78 is 13.0. The summed E-state index contributed by atoms with van der Waals surface area (Å²) in [5, 5.41) is 0.786. The highest BCUT2D eigenvalue weighted by molar-refractivity contribution is 5.80. The molecule has 2 rings (SSSR count). The van der Waals surface area contributed by atoms with Gasteiger partial charge in [-0.15, -0.1) is 0 Å². The number of aryl methyl sites for hydroxylation is 1. The van der Waals surface area contributed by atoms with Gasteiger partial charge >= 0.3 is 0 Å². The molecule has 0 saturated carbocycles. The summed E-state index contributed by atoms with van der Waals surface area (Å²) in [5.41, 5.74) is 7.32. The summed E-state index contributed by atoms with van der Waals surface area (Å²) in [6, 6.07) is 7.19. The van der Waals surface area contributed by atoms with Gasteiger partial charge in [0.2, 0.25) is 0 Å². The van der Waals surface area contributed by atoms with E-state index < -0.39 is 5.82 Å². The van der Waals surface area contributed by atoms with Gasteiger partial charge in [-0.2, -0.15) is 0 Å². The van der Waals surface area contributed by atoms with E-state index in [0.29, 0.717) is 0 Å². The minimum Gasteiger partial charge on any atom is -0.381 e. The summed E-state index contributed by atoms with van der Waals surface area (Å²) in [7, 11) is 0. The van der Waals surface area contributed by atoms with Crippen LogP contribution in [0.2, 0.25) is 0 Å². The third-order valence-electron chi connectivity index (χ3n) is 2.27. The van der Waals surface area contributed by atoms with E-state index in [-0.39, 0.29) is 5.82 Å². The van der Waals surface area contributed by atoms with E-state index in [4.69, 9.17) is 5.73 Å². The van der Waals surface area contributed by atoms with Crippen molar-refractivity contribution in [3.05, 3.63) is 35.6 Å². The Bertz CT molecular complexity index is 480. The van der Waals surface area contributed by atoms with Crippen molar-refractivity contribution >= 4 is 16.7 Å². The van der Waals surface area contributed by atoms with Gasteiger partial charge in [0.05, 0.1) is 5.52 Å². The lowest BCUT2D eigenvalue weighted by Gasteiger charge is -2.02. The molecule has 14 heavy (non-hydrogen) atoms. The normalized spacial score (nSPS) is 10.7. The number of pyridine rings is 1. The van der Waals surface area contributed by atoms with Crippen LogP contribution in [0.25, 0.3) is 10.9 Å². The van der Waals surface area contributed by atoms with Gasteiger partial charge in [0, 0.05) is 5.39 Å². The second-order valence-electron chi connectivity index (χ2n) is 3.24. The van der Waals surface area contributed by atoms with Gasteiger partial charge in [-0.05, 0) is 24.1 Å². The van der Waals surface area contributed by atoms with E-state index in [1.165, 1.54) is 11.6 Å². The molecule has 3 heteroatoms. The van der Waals surface area contributed by atoms with E-state index >= 15 is 0 Å². The Labute approximate surface area is 81.6 Å². The molecule has 1 aromatic carbocycles. The largest absolute Gasteiger partial charge is 0.381 e. The maximum Gasteiger partial charge on any atom is 0.165 e. The Morgan fingerprint density at radius 2 is 2.14 bits per heavy atom. The molecule has 2 nitrogen and oxygen atoms in total. The average molecular weight is 190 g/mol. The van der Waals surface area contributed by atoms with E-state index in [0.717, 1.165) is 17.3 Å². The van der Waals surface area contributed by atoms with Crippen molar-refractivity contribution in [3.8, 4) is 0 Å². The van der Waals surface area contributed by atoms with Gasteiger partial charge in [-0.25, -0.2) is 9.37 Å². The van der Waals surface area contributed by atoms with Crippen molar-refractivity contribution in [2.24, 2.45) is 0 Å². The zero-order valence-corrected chi connectivity index (χ0v) is 7.92. The molecule has 2 aromatic rings. The monoisotopic (exact) mass is 190 g/mol. The lowest BCUT2D eigenvalue weighted by Crippen LogP contribution is -1.95. The van der Waals surface area contributed by atoms with E-state index in [1.54, 1.807) is 0 Å². The lowest BCUT2D eigenvalue weighted by atomic mass is 10.1. The number of nitrogens with two attached hydrogens (primary N) is 1. The first kappa shape index (κ1) is 8.94. The van der Waals surface area contributed by atoms with Crippen LogP contribution in [-0.4, -0.2) is 4.98 Å². The summed E-state index contributed by atoms with van der Waals surface area (Å²) in [4.78, 5) is 3.99. The van der Waals surface area contributed by atoms with E-state index in [2.05, 4.69) is 11.9 Å². The number of rotatable bonds is 1. The average Bonchev–Trinajstić information content (AvgIpc) is 2.19. The Hall–Kier alpha value is -1.64. The lowest BCUT2D eigenvalue weighted by molar-refractivity contribution is 0.630. The van der Waals surface area contributed by atoms with Gasteiger partial charge in [-0.3, -0.25) is 0 Å². The third-order valence-corrected chi connectivity index (χ3v) is 2.27. The molecule has 72 valence electrons. The number of hydrogen-bond donors (Lipinski definition) is 1. The molecular weight excluding hydrogens is 179 g/mol. The second-order valence-corrected chi connectivity index (χ2v) is 3.24. The Morgan fingerprint density at radius 1 is 1.36 bits per heavy atom. The van der Waals surface area contributed by atoms with Crippen LogP contribution < -0.4 is 5.73 Å². The van der Waals surface area contributed by atoms with Crippen LogP contribution in [0.15, 0.2) is 24.3 Å². The highest BCUT2D eigenvalue weighted by atomic mass is 19.1. The summed E-state index contributed by atoms with van der Waals surface area (Å²) in [5.74, 6) is -0.493. The van der Waals surface area contributed by atoms with Gasteiger partial charge in [0.1, 0.15) is 0 Å². The molecule has 0 fully saturated rings. The molecule has 0 saturated heterocycles. The third kappa shape index (κ3) is 1.41. The van der Waals surface area contributed by atoms with Crippen molar-refractivity contribution < 1.29 is 4.39 Å². The molecule has 0 amide bonds. The van der Waals surface area contributed by atoms with Gasteiger partial charge in [0.25, 0.3) is 0 Å². The highest BCUT2D eigenvalue weighted by Gasteiger charge is 2.03. The smallest absolute Gasteiger partial charge is 0.165 e. The fourth-order valence-electron chi connectivity index (χ4n) is 1.42. The summed E-state index contributed by atoms with van der Waals surface area (Å²) in [6.45, 7) is 2.06. The quantitative estimate of drug-likeness (QED) is 0.750. The van der Waals surface area contributed by atoms with Crippen LogP contribution in [0.3, 0.4) is 0 Å². The first-order valence-corrected chi connectivity index (χ1v) is 4.55. The molecule has 0 spiro atoms. The zero-order chi connectivity index (χ0) is 10.1. The van der Waals surface area contributed by atoms with Crippen molar-refractivity contribution in [1.82, 2.24) is 4.98 Å². The maximum atomic E-state index is 13.0. The van der Waals surface area contributed by atoms with Crippen LogP contribution in [-0.2, 0) is 6.42 Å². The predicted octanol–water partition coefficient (Wildman–Crippen LogP) is 2.52. The molecule has 1 heterocycles. The van der Waals surface area contributed by atoms with Crippen LogP contribution in [0.4, 0.5) is 10.2 Å². The molecule has 0 unspecified atom stereocenters. The highest BCUT2D eigenvalue weighted by Crippen LogP contribution is 2.18. The van der Waals surface area contributed by atoms with Crippen LogP contribution in [0.5, 0.6) is 0 Å². The topological polar surface area (TPSA) is 38.9 Å². The van der Waals surface area contributed by atoms with Gasteiger partial charge in [0.15, 0.2) is 11.6 Å². The van der Waals surface area contributed by atoms with Crippen molar-refractivity contribution in [1.29, 1.82) is 0 Å². The standard InChI is InChI=1S/C11H11FN2/c1-2-7-3-4-8-6-9(12)11(13)14-10(8)5-7/h3-6H,2H2,1H3,(H2,13,14). The molecule has 0 bridgehead atoms. The number of nitrogen functional groups attached to an aromatic ring is 1. The minimum atomic E-state index is -0.457. The molecule has 2 N–H and O–H groups in total. The Balaban J connectivity index is 2.70. The minimum absolute atomic E-state index is 0.0363. The van der Waals surface area contributed by atoms with Crippen molar-refractivity contribution in [3.63, 3.8) is 0 Å². The Morgan fingerprint density at radius 3 is 2.86 bits per heavy atom. The van der Waals surface area contributed by atoms with E-state index in [9.17, 15) is 4.39 Å². The number of benzene rings is 1. The summed E-state index contributed by atoms with van der Waals surface area (Å²) in [6.07, 6.45) is 0.939. The van der Waals surface area contributed by atoms with Crippen LogP contribution in [0.1, 0.15) is 12.5 Å². The van der Waals surface area contributed by atoms with Crippen LogP contribution in [0, 0.1) is 5.82 Å².